The SMILES string of the molecule is C[C@@H](O)c1c(F)cccc1Oc1cccnc1. The quantitative estimate of drug-likeness (QED) is 0.885. The zero-order chi connectivity index (χ0) is 12.3. The minimum absolute atomic E-state index is 0.149. The van der Waals surface area contributed by atoms with Crippen LogP contribution in [0.1, 0.15) is 18.6 Å². The van der Waals surface area contributed by atoms with Crippen LogP contribution in [0.2, 0.25) is 0 Å². The summed E-state index contributed by atoms with van der Waals surface area (Å²) in [4.78, 5) is 3.90. The molecule has 1 aromatic heterocycles. The van der Waals surface area contributed by atoms with E-state index in [9.17, 15) is 9.50 Å². The number of hydrogen-bond acceptors (Lipinski definition) is 3. The van der Waals surface area contributed by atoms with Crippen molar-refractivity contribution in [2.75, 3.05) is 0 Å². The third kappa shape index (κ3) is 2.60. The topological polar surface area (TPSA) is 42.4 Å². The zero-order valence-corrected chi connectivity index (χ0v) is 9.30. The van der Waals surface area contributed by atoms with Crippen LogP contribution in [-0.2, 0) is 0 Å². The lowest BCUT2D eigenvalue weighted by Crippen LogP contribution is -1.99. The Morgan fingerprint density at radius 1 is 1.29 bits per heavy atom. The summed E-state index contributed by atoms with van der Waals surface area (Å²) in [6, 6.07) is 7.86. The first-order valence-corrected chi connectivity index (χ1v) is 5.23. The van der Waals surface area contributed by atoms with Crippen LogP contribution in [0.25, 0.3) is 0 Å². The third-order valence-electron chi connectivity index (χ3n) is 2.29. The molecule has 0 unspecified atom stereocenters. The zero-order valence-electron chi connectivity index (χ0n) is 9.30. The van der Waals surface area contributed by atoms with E-state index in [1.807, 2.05) is 0 Å². The number of hydrogen-bond donors (Lipinski definition) is 1. The lowest BCUT2D eigenvalue weighted by molar-refractivity contribution is 0.190. The van der Waals surface area contributed by atoms with Crippen LogP contribution < -0.4 is 4.74 Å². The fourth-order valence-corrected chi connectivity index (χ4v) is 1.55. The second-order valence-electron chi connectivity index (χ2n) is 3.62. The van der Waals surface area contributed by atoms with Gasteiger partial charge in [-0.05, 0) is 31.2 Å². The largest absolute Gasteiger partial charge is 0.455 e. The number of halogens is 1. The van der Waals surface area contributed by atoms with Gasteiger partial charge < -0.3 is 9.84 Å². The summed E-state index contributed by atoms with van der Waals surface area (Å²) >= 11 is 0. The molecule has 2 rings (SSSR count). The van der Waals surface area contributed by atoms with Crippen molar-refractivity contribution in [3.63, 3.8) is 0 Å². The van der Waals surface area contributed by atoms with Gasteiger partial charge in [0.05, 0.1) is 17.9 Å². The average Bonchev–Trinajstić information content (AvgIpc) is 2.30. The van der Waals surface area contributed by atoms with Gasteiger partial charge in [0, 0.05) is 6.20 Å². The Labute approximate surface area is 98.5 Å². The van der Waals surface area contributed by atoms with E-state index in [1.54, 1.807) is 24.4 Å². The van der Waals surface area contributed by atoms with Gasteiger partial charge >= 0.3 is 0 Å². The van der Waals surface area contributed by atoms with Crippen molar-refractivity contribution in [1.29, 1.82) is 0 Å². The van der Waals surface area contributed by atoms with E-state index in [0.717, 1.165) is 0 Å². The molecule has 0 radical (unpaired) electrons. The van der Waals surface area contributed by atoms with E-state index in [2.05, 4.69) is 4.98 Å². The van der Waals surface area contributed by atoms with Crippen LogP contribution in [0.15, 0.2) is 42.7 Å². The number of rotatable bonds is 3. The Morgan fingerprint density at radius 3 is 2.76 bits per heavy atom. The summed E-state index contributed by atoms with van der Waals surface area (Å²) < 4.78 is 19.0. The molecule has 0 aliphatic heterocycles. The van der Waals surface area contributed by atoms with Gasteiger partial charge in [0.15, 0.2) is 0 Å². The van der Waals surface area contributed by atoms with E-state index in [0.29, 0.717) is 11.5 Å². The number of nitrogens with zero attached hydrogens (tertiary/aromatic N) is 1. The molecule has 4 heteroatoms. The fourth-order valence-electron chi connectivity index (χ4n) is 1.55. The van der Waals surface area contributed by atoms with Gasteiger partial charge in [-0.15, -0.1) is 0 Å². The molecule has 1 atom stereocenters. The van der Waals surface area contributed by atoms with E-state index < -0.39 is 11.9 Å². The highest BCUT2D eigenvalue weighted by Gasteiger charge is 2.15. The van der Waals surface area contributed by atoms with Crippen LogP contribution >= 0.6 is 0 Å². The fraction of sp³-hybridized carbons (Fsp3) is 0.154. The van der Waals surface area contributed by atoms with E-state index in [4.69, 9.17) is 4.74 Å². The molecule has 1 N–H and O–H groups in total. The molecule has 0 saturated carbocycles. The third-order valence-corrected chi connectivity index (χ3v) is 2.29. The van der Waals surface area contributed by atoms with Crippen molar-refractivity contribution >= 4 is 0 Å². The smallest absolute Gasteiger partial charge is 0.145 e. The van der Waals surface area contributed by atoms with E-state index >= 15 is 0 Å². The molecule has 0 aliphatic rings. The van der Waals surface area contributed by atoms with Gasteiger partial charge in [-0.3, -0.25) is 4.98 Å². The molecule has 2 aromatic rings. The highest BCUT2D eigenvalue weighted by atomic mass is 19.1. The predicted molar refractivity (Wildman–Crippen MR) is 61.3 cm³/mol. The first-order valence-electron chi connectivity index (χ1n) is 5.23. The maximum Gasteiger partial charge on any atom is 0.145 e. The van der Waals surface area contributed by atoms with Gasteiger partial charge in [0.1, 0.15) is 17.3 Å². The number of ether oxygens (including phenoxy) is 1. The number of aliphatic hydroxyl groups excluding tert-OH is 1. The second-order valence-corrected chi connectivity index (χ2v) is 3.62. The van der Waals surface area contributed by atoms with Crippen LogP contribution in [0.5, 0.6) is 11.5 Å². The molecule has 0 bridgehead atoms. The van der Waals surface area contributed by atoms with Crippen LogP contribution in [0, 0.1) is 5.82 Å². The Hall–Kier alpha value is -1.94. The lowest BCUT2D eigenvalue weighted by Gasteiger charge is -2.13. The van der Waals surface area contributed by atoms with Crippen LogP contribution in [-0.4, -0.2) is 10.1 Å². The van der Waals surface area contributed by atoms with Crippen molar-refractivity contribution in [3.05, 3.63) is 54.1 Å². The van der Waals surface area contributed by atoms with Gasteiger partial charge in [-0.2, -0.15) is 0 Å². The molecule has 0 aliphatic carbocycles. The highest BCUT2D eigenvalue weighted by Crippen LogP contribution is 2.31. The van der Waals surface area contributed by atoms with Gasteiger partial charge in [0.2, 0.25) is 0 Å². The highest BCUT2D eigenvalue weighted by molar-refractivity contribution is 5.39. The van der Waals surface area contributed by atoms with E-state index in [-0.39, 0.29) is 5.56 Å². The average molecular weight is 233 g/mol. The minimum atomic E-state index is -0.928. The molecule has 0 spiro atoms. The first-order chi connectivity index (χ1) is 8.18. The number of benzene rings is 1. The van der Waals surface area contributed by atoms with E-state index in [1.165, 1.54) is 25.3 Å². The Morgan fingerprint density at radius 2 is 2.12 bits per heavy atom. The minimum Gasteiger partial charge on any atom is -0.455 e. The van der Waals surface area contributed by atoms with Crippen molar-refractivity contribution in [1.82, 2.24) is 4.98 Å². The van der Waals surface area contributed by atoms with Gasteiger partial charge in [0.25, 0.3) is 0 Å². The van der Waals surface area contributed by atoms with Crippen molar-refractivity contribution in [3.8, 4) is 11.5 Å². The summed E-state index contributed by atoms with van der Waals surface area (Å²) in [7, 11) is 0. The maximum absolute atomic E-state index is 13.5. The van der Waals surface area contributed by atoms with Crippen LogP contribution in [0.4, 0.5) is 4.39 Å². The normalized spacial score (nSPS) is 12.2. The Kier molecular flexibility index (Phi) is 3.35. The lowest BCUT2D eigenvalue weighted by atomic mass is 10.1. The first kappa shape index (κ1) is 11.5. The molecule has 3 nitrogen and oxygen atoms in total. The van der Waals surface area contributed by atoms with Gasteiger partial charge in [-0.25, -0.2) is 4.39 Å². The predicted octanol–water partition coefficient (Wildman–Crippen LogP) is 3.07. The van der Waals surface area contributed by atoms with Gasteiger partial charge in [-0.1, -0.05) is 6.07 Å². The monoisotopic (exact) mass is 233 g/mol. The molecular formula is C13H12FNO2. The van der Waals surface area contributed by atoms with Crippen molar-refractivity contribution in [2.45, 2.75) is 13.0 Å². The Bertz CT molecular complexity index is 500. The maximum atomic E-state index is 13.5. The molecule has 1 heterocycles. The summed E-state index contributed by atoms with van der Waals surface area (Å²) in [5, 5.41) is 9.53. The Balaban J connectivity index is 2.36. The molecule has 0 saturated heterocycles. The molecule has 0 amide bonds. The molecule has 88 valence electrons. The summed E-state index contributed by atoms with van der Waals surface area (Å²) in [6.45, 7) is 1.49. The van der Waals surface area contributed by atoms with Crippen LogP contribution in [0.3, 0.4) is 0 Å². The molecule has 1 aromatic carbocycles. The number of pyridine rings is 1. The van der Waals surface area contributed by atoms with Crippen molar-refractivity contribution in [2.24, 2.45) is 0 Å². The molecule has 0 fully saturated rings. The molecular weight excluding hydrogens is 221 g/mol. The summed E-state index contributed by atoms with van der Waals surface area (Å²) in [6.07, 6.45) is 2.22. The number of aliphatic hydroxyl groups is 1. The van der Waals surface area contributed by atoms with Crippen molar-refractivity contribution < 1.29 is 14.2 Å². The standard InChI is InChI=1S/C13H12FNO2/c1-9(16)13-11(14)5-2-6-12(13)17-10-4-3-7-15-8-10/h2-9,16H,1H3/t9-/m1/s1. The summed E-state index contributed by atoms with van der Waals surface area (Å²) in [5.74, 6) is 0.314. The number of aromatic nitrogens is 1. The summed E-state index contributed by atoms with van der Waals surface area (Å²) in [5.41, 5.74) is 0.149. The molecule has 17 heavy (non-hydrogen) atoms. The second kappa shape index (κ2) is 4.93.